The van der Waals surface area contributed by atoms with Gasteiger partial charge in [0, 0.05) is 24.2 Å². The smallest absolute Gasteiger partial charge is 0.260 e. The maximum Gasteiger partial charge on any atom is 0.260 e. The van der Waals surface area contributed by atoms with Crippen LogP contribution in [-0.2, 0) is 14.8 Å². The molecule has 0 radical (unpaired) electrons. The second-order valence-electron chi connectivity index (χ2n) is 5.68. The van der Waals surface area contributed by atoms with Crippen LogP contribution in [0, 0.1) is 0 Å². The molecular weight excluding hydrogens is 334 g/mol. The first kappa shape index (κ1) is 15.2. The fraction of sp³-hybridized carbons (Fsp3) is 0.583. The molecule has 2 aromatic heterocycles. The molecule has 1 aliphatic rings. The number of rotatable bonds is 3. The third-order valence-electron chi connectivity index (χ3n) is 3.45. The summed E-state index contributed by atoms with van der Waals surface area (Å²) in [5.74, 6) is 0. The van der Waals surface area contributed by atoms with Crippen LogP contribution in [0.25, 0.3) is 4.96 Å². The van der Waals surface area contributed by atoms with Crippen molar-refractivity contribution in [3.63, 3.8) is 0 Å². The van der Waals surface area contributed by atoms with Gasteiger partial charge in [0.25, 0.3) is 10.0 Å². The standard InChI is InChI=1S/C12H16ClN3O3S2/c1-12(2)7-8(3-5-19-12)15-21(17,18)10-9(13)14-11-16(10)4-6-20-11/h4,6,8,15H,3,5,7H2,1-2H3. The minimum atomic E-state index is -3.72. The molecule has 1 unspecified atom stereocenters. The zero-order valence-corrected chi connectivity index (χ0v) is 14.1. The molecule has 0 aliphatic carbocycles. The van der Waals surface area contributed by atoms with Gasteiger partial charge in [-0.15, -0.1) is 11.3 Å². The first-order chi connectivity index (χ1) is 9.78. The predicted octanol–water partition coefficient (Wildman–Crippen LogP) is 2.29. The summed E-state index contributed by atoms with van der Waals surface area (Å²) in [6.07, 6.45) is 2.92. The first-order valence-corrected chi connectivity index (χ1v) is 9.30. The van der Waals surface area contributed by atoms with E-state index in [1.54, 1.807) is 11.6 Å². The SMILES string of the molecule is CC1(C)CC(NS(=O)(=O)c2c(Cl)nc3sccn23)CCO1. The van der Waals surface area contributed by atoms with Crippen molar-refractivity contribution in [1.29, 1.82) is 0 Å². The highest BCUT2D eigenvalue weighted by molar-refractivity contribution is 7.89. The first-order valence-electron chi connectivity index (χ1n) is 6.56. The van der Waals surface area contributed by atoms with E-state index in [-0.39, 0.29) is 21.8 Å². The number of fused-ring (bicyclic) bond motifs is 1. The third kappa shape index (κ3) is 2.95. The fourth-order valence-corrected chi connectivity index (χ4v) is 5.31. The van der Waals surface area contributed by atoms with Crippen molar-refractivity contribution < 1.29 is 13.2 Å². The van der Waals surface area contributed by atoms with Gasteiger partial charge in [-0.2, -0.15) is 0 Å². The van der Waals surface area contributed by atoms with Gasteiger partial charge in [-0.05, 0) is 26.7 Å². The molecule has 9 heteroatoms. The summed E-state index contributed by atoms with van der Waals surface area (Å²) >= 11 is 7.34. The molecule has 2 aromatic rings. The van der Waals surface area contributed by atoms with E-state index in [9.17, 15) is 8.42 Å². The van der Waals surface area contributed by atoms with Crippen LogP contribution in [0.2, 0.25) is 5.15 Å². The minimum Gasteiger partial charge on any atom is -0.375 e. The van der Waals surface area contributed by atoms with Gasteiger partial charge in [-0.1, -0.05) is 11.6 Å². The Morgan fingerprint density at radius 1 is 1.57 bits per heavy atom. The summed E-state index contributed by atoms with van der Waals surface area (Å²) < 4.78 is 35.1. The van der Waals surface area contributed by atoms with Gasteiger partial charge in [0.05, 0.1) is 5.60 Å². The van der Waals surface area contributed by atoms with E-state index >= 15 is 0 Å². The highest BCUT2D eigenvalue weighted by atomic mass is 35.5. The summed E-state index contributed by atoms with van der Waals surface area (Å²) in [5, 5.41) is 1.78. The average molecular weight is 350 g/mol. The Hall–Kier alpha value is -0.670. The summed E-state index contributed by atoms with van der Waals surface area (Å²) in [6, 6.07) is -0.168. The average Bonchev–Trinajstić information content (AvgIpc) is 2.85. The summed E-state index contributed by atoms with van der Waals surface area (Å²) in [4.78, 5) is 4.63. The molecule has 1 saturated heterocycles. The van der Waals surface area contributed by atoms with Crippen molar-refractivity contribution in [3.8, 4) is 0 Å². The Morgan fingerprint density at radius 3 is 3.05 bits per heavy atom. The van der Waals surface area contributed by atoms with E-state index in [1.165, 1.54) is 15.7 Å². The van der Waals surface area contributed by atoms with Crippen molar-refractivity contribution in [2.24, 2.45) is 0 Å². The van der Waals surface area contributed by atoms with Crippen LogP contribution in [0.5, 0.6) is 0 Å². The topological polar surface area (TPSA) is 72.7 Å². The predicted molar refractivity (Wildman–Crippen MR) is 81.5 cm³/mol. The van der Waals surface area contributed by atoms with Gasteiger partial charge in [0.1, 0.15) is 0 Å². The molecule has 1 aliphatic heterocycles. The van der Waals surface area contributed by atoms with E-state index in [0.717, 1.165) is 0 Å². The Morgan fingerprint density at radius 2 is 2.33 bits per heavy atom. The second kappa shape index (κ2) is 5.20. The maximum atomic E-state index is 12.6. The summed E-state index contributed by atoms with van der Waals surface area (Å²) in [6.45, 7) is 4.45. The molecule has 1 atom stereocenters. The number of hydrogen-bond donors (Lipinski definition) is 1. The molecule has 3 rings (SSSR count). The second-order valence-corrected chi connectivity index (χ2v) is 8.54. The van der Waals surface area contributed by atoms with Crippen molar-refractivity contribution >= 4 is 37.9 Å². The molecule has 0 bridgehead atoms. The van der Waals surface area contributed by atoms with Crippen molar-refractivity contribution in [2.75, 3.05) is 6.61 Å². The van der Waals surface area contributed by atoms with Gasteiger partial charge in [-0.25, -0.2) is 18.1 Å². The lowest BCUT2D eigenvalue weighted by molar-refractivity contribution is -0.0599. The number of nitrogens with one attached hydrogen (secondary N) is 1. The van der Waals surface area contributed by atoms with Gasteiger partial charge in [0.2, 0.25) is 0 Å². The lowest BCUT2D eigenvalue weighted by atomic mass is 9.95. The molecule has 116 valence electrons. The van der Waals surface area contributed by atoms with Crippen molar-refractivity contribution in [3.05, 3.63) is 16.7 Å². The number of sulfonamides is 1. The summed E-state index contributed by atoms with van der Waals surface area (Å²) in [5.41, 5.74) is -0.329. The zero-order chi connectivity index (χ0) is 15.3. The van der Waals surface area contributed by atoms with Gasteiger partial charge >= 0.3 is 0 Å². The van der Waals surface area contributed by atoms with Crippen LogP contribution in [0.3, 0.4) is 0 Å². The normalized spacial score (nSPS) is 22.7. The fourth-order valence-electron chi connectivity index (χ4n) is 2.59. The number of imidazole rings is 1. The zero-order valence-electron chi connectivity index (χ0n) is 11.7. The van der Waals surface area contributed by atoms with E-state index in [2.05, 4.69) is 9.71 Å². The monoisotopic (exact) mass is 349 g/mol. The minimum absolute atomic E-state index is 0.000620. The van der Waals surface area contributed by atoms with Crippen LogP contribution in [0.15, 0.2) is 16.6 Å². The van der Waals surface area contributed by atoms with E-state index in [4.69, 9.17) is 16.3 Å². The molecule has 21 heavy (non-hydrogen) atoms. The molecule has 0 spiro atoms. The van der Waals surface area contributed by atoms with E-state index < -0.39 is 10.0 Å². The molecule has 0 aromatic carbocycles. The number of thiazole rings is 1. The quantitative estimate of drug-likeness (QED) is 0.922. The maximum absolute atomic E-state index is 12.6. The molecule has 6 nitrogen and oxygen atoms in total. The van der Waals surface area contributed by atoms with Crippen LogP contribution in [-0.4, -0.2) is 36.1 Å². The van der Waals surface area contributed by atoms with Gasteiger partial charge in [-0.3, -0.25) is 4.40 Å². The number of aromatic nitrogens is 2. The van der Waals surface area contributed by atoms with E-state index in [1.807, 2.05) is 13.8 Å². The van der Waals surface area contributed by atoms with Crippen molar-refractivity contribution in [2.45, 2.75) is 43.4 Å². The van der Waals surface area contributed by atoms with Crippen LogP contribution >= 0.6 is 22.9 Å². The number of nitrogens with zero attached hydrogens (tertiary/aromatic N) is 2. The lowest BCUT2D eigenvalue weighted by Gasteiger charge is -2.35. The van der Waals surface area contributed by atoms with Crippen LogP contribution in [0.1, 0.15) is 26.7 Å². The number of hydrogen-bond acceptors (Lipinski definition) is 5. The van der Waals surface area contributed by atoms with Gasteiger partial charge in [0.15, 0.2) is 15.1 Å². The number of halogens is 1. The van der Waals surface area contributed by atoms with Gasteiger partial charge < -0.3 is 4.74 Å². The van der Waals surface area contributed by atoms with Crippen LogP contribution in [0.4, 0.5) is 0 Å². The largest absolute Gasteiger partial charge is 0.375 e. The Bertz CT molecular complexity index is 766. The molecule has 1 fully saturated rings. The summed E-state index contributed by atoms with van der Waals surface area (Å²) in [7, 11) is -3.72. The van der Waals surface area contributed by atoms with Crippen molar-refractivity contribution in [1.82, 2.24) is 14.1 Å². The molecule has 0 amide bonds. The molecule has 3 heterocycles. The Labute approximate surface area is 132 Å². The number of ether oxygens (including phenoxy) is 1. The lowest BCUT2D eigenvalue weighted by Crippen LogP contribution is -2.45. The molecular formula is C12H16ClN3O3S2. The Kier molecular flexibility index (Phi) is 3.77. The third-order valence-corrected chi connectivity index (χ3v) is 6.13. The molecule has 1 N–H and O–H groups in total. The molecule has 0 saturated carbocycles. The van der Waals surface area contributed by atoms with Crippen LogP contribution < -0.4 is 4.72 Å². The Balaban J connectivity index is 1.90. The highest BCUT2D eigenvalue weighted by Crippen LogP contribution is 2.28. The highest BCUT2D eigenvalue weighted by Gasteiger charge is 2.33. The van der Waals surface area contributed by atoms with E-state index in [0.29, 0.717) is 24.4 Å².